The monoisotopic (exact) mass is 230 g/mol. The fourth-order valence-corrected chi connectivity index (χ4v) is 1.11. The molecule has 0 saturated heterocycles. The third-order valence-electron chi connectivity index (χ3n) is 1.78. The second kappa shape index (κ2) is 9.15. The first-order chi connectivity index (χ1) is 7.52. The average Bonchev–Trinajstić information content (AvgIpc) is 2.14. The lowest BCUT2D eigenvalue weighted by Crippen LogP contribution is -2.29. The molecule has 94 valence electrons. The third kappa shape index (κ3) is 11.0. The Bertz CT molecular complexity index is 217. The summed E-state index contributed by atoms with van der Waals surface area (Å²) in [6.07, 6.45) is 0.548. The van der Waals surface area contributed by atoms with E-state index in [9.17, 15) is 9.59 Å². The molecule has 16 heavy (non-hydrogen) atoms. The summed E-state index contributed by atoms with van der Waals surface area (Å²) in [6.45, 7) is 7.45. The molecule has 0 aromatic carbocycles. The van der Waals surface area contributed by atoms with Crippen molar-refractivity contribution in [2.75, 3.05) is 26.3 Å². The molecule has 2 amide bonds. The lowest BCUT2D eigenvalue weighted by Gasteiger charge is -2.08. The van der Waals surface area contributed by atoms with Gasteiger partial charge in [0.25, 0.3) is 0 Å². The van der Waals surface area contributed by atoms with Crippen molar-refractivity contribution >= 4 is 11.8 Å². The third-order valence-corrected chi connectivity index (χ3v) is 1.78. The second-order valence-electron chi connectivity index (χ2n) is 4.04. The normalized spacial score (nSPS) is 10.2. The van der Waals surface area contributed by atoms with Gasteiger partial charge in [0.2, 0.25) is 11.8 Å². The fraction of sp³-hybridized carbons (Fsp3) is 0.818. The Morgan fingerprint density at radius 3 is 2.19 bits per heavy atom. The molecule has 0 spiro atoms. The Balaban J connectivity index is 3.20. The SMILES string of the molecule is CC(=O)NCCOCCNC(=O)CC(C)C. The number of carbonyl (C=O) groups excluding carboxylic acids is 2. The van der Waals surface area contributed by atoms with Crippen LogP contribution < -0.4 is 10.6 Å². The molecule has 0 aliphatic rings. The Hall–Kier alpha value is -1.10. The van der Waals surface area contributed by atoms with Crippen molar-refractivity contribution in [2.24, 2.45) is 5.92 Å². The predicted molar refractivity (Wildman–Crippen MR) is 62.0 cm³/mol. The maximum Gasteiger partial charge on any atom is 0.220 e. The van der Waals surface area contributed by atoms with E-state index in [1.54, 1.807) is 0 Å². The van der Waals surface area contributed by atoms with Crippen LogP contribution in [0, 0.1) is 5.92 Å². The van der Waals surface area contributed by atoms with E-state index in [2.05, 4.69) is 10.6 Å². The lowest BCUT2D eigenvalue weighted by molar-refractivity contribution is -0.122. The lowest BCUT2D eigenvalue weighted by atomic mass is 10.1. The van der Waals surface area contributed by atoms with E-state index >= 15 is 0 Å². The van der Waals surface area contributed by atoms with Crippen molar-refractivity contribution < 1.29 is 14.3 Å². The van der Waals surface area contributed by atoms with Gasteiger partial charge in [0.05, 0.1) is 13.2 Å². The summed E-state index contributed by atoms with van der Waals surface area (Å²) in [5.74, 6) is 0.370. The first kappa shape index (κ1) is 14.9. The maximum atomic E-state index is 11.2. The summed E-state index contributed by atoms with van der Waals surface area (Å²) < 4.78 is 5.21. The summed E-state index contributed by atoms with van der Waals surface area (Å²) in [7, 11) is 0. The molecule has 0 aliphatic heterocycles. The summed E-state index contributed by atoms with van der Waals surface area (Å²) in [4.78, 5) is 21.7. The minimum atomic E-state index is -0.0613. The van der Waals surface area contributed by atoms with Crippen LogP contribution in [0.15, 0.2) is 0 Å². The highest BCUT2D eigenvalue weighted by atomic mass is 16.5. The van der Waals surface area contributed by atoms with Crippen LogP contribution >= 0.6 is 0 Å². The van der Waals surface area contributed by atoms with Crippen LogP contribution in [0.5, 0.6) is 0 Å². The number of hydrogen-bond acceptors (Lipinski definition) is 3. The molecule has 0 rings (SSSR count). The van der Waals surface area contributed by atoms with E-state index in [4.69, 9.17) is 4.74 Å². The molecule has 0 unspecified atom stereocenters. The van der Waals surface area contributed by atoms with Crippen LogP contribution in [0.25, 0.3) is 0 Å². The van der Waals surface area contributed by atoms with Crippen LogP contribution in [-0.4, -0.2) is 38.1 Å². The van der Waals surface area contributed by atoms with Gasteiger partial charge in [-0.3, -0.25) is 9.59 Å². The largest absolute Gasteiger partial charge is 0.378 e. The van der Waals surface area contributed by atoms with E-state index in [-0.39, 0.29) is 11.8 Å². The number of amides is 2. The zero-order valence-corrected chi connectivity index (χ0v) is 10.3. The molecule has 0 bridgehead atoms. The zero-order valence-electron chi connectivity index (χ0n) is 10.3. The van der Waals surface area contributed by atoms with E-state index in [0.29, 0.717) is 38.6 Å². The summed E-state index contributed by atoms with van der Waals surface area (Å²) in [5, 5.41) is 5.38. The Morgan fingerprint density at radius 1 is 1.12 bits per heavy atom. The molecule has 5 nitrogen and oxygen atoms in total. The Kier molecular flexibility index (Phi) is 8.52. The molecule has 0 atom stereocenters. The topological polar surface area (TPSA) is 67.4 Å². The van der Waals surface area contributed by atoms with Gasteiger partial charge in [0, 0.05) is 26.4 Å². The van der Waals surface area contributed by atoms with Gasteiger partial charge in [-0.05, 0) is 5.92 Å². The van der Waals surface area contributed by atoms with Crippen molar-refractivity contribution in [3.05, 3.63) is 0 Å². The van der Waals surface area contributed by atoms with Gasteiger partial charge in [-0.25, -0.2) is 0 Å². The van der Waals surface area contributed by atoms with Gasteiger partial charge in [-0.2, -0.15) is 0 Å². The predicted octanol–water partition coefficient (Wildman–Crippen LogP) is 0.301. The molecule has 0 aromatic heterocycles. The molecular formula is C11H22N2O3. The summed E-state index contributed by atoms with van der Waals surface area (Å²) in [6, 6.07) is 0. The highest BCUT2D eigenvalue weighted by Gasteiger charge is 2.02. The first-order valence-corrected chi connectivity index (χ1v) is 5.61. The Morgan fingerprint density at radius 2 is 1.69 bits per heavy atom. The van der Waals surface area contributed by atoms with Gasteiger partial charge in [-0.1, -0.05) is 13.8 Å². The molecular weight excluding hydrogens is 208 g/mol. The van der Waals surface area contributed by atoms with Crippen molar-refractivity contribution in [3.8, 4) is 0 Å². The van der Waals surface area contributed by atoms with Crippen molar-refractivity contribution in [1.29, 1.82) is 0 Å². The van der Waals surface area contributed by atoms with E-state index in [0.717, 1.165) is 0 Å². The van der Waals surface area contributed by atoms with Gasteiger partial charge in [-0.15, -0.1) is 0 Å². The molecule has 0 heterocycles. The number of rotatable bonds is 8. The van der Waals surface area contributed by atoms with Gasteiger partial charge in [0.1, 0.15) is 0 Å². The number of ether oxygens (including phenoxy) is 1. The average molecular weight is 230 g/mol. The molecule has 0 saturated carbocycles. The van der Waals surface area contributed by atoms with E-state index in [1.807, 2.05) is 13.8 Å². The Labute approximate surface area is 96.9 Å². The molecule has 0 radical (unpaired) electrons. The molecule has 5 heteroatoms. The van der Waals surface area contributed by atoms with E-state index in [1.165, 1.54) is 6.92 Å². The van der Waals surface area contributed by atoms with Crippen LogP contribution in [0.4, 0.5) is 0 Å². The number of carbonyl (C=O) groups is 2. The molecule has 2 N–H and O–H groups in total. The standard InChI is InChI=1S/C11H22N2O3/c1-9(2)8-11(15)13-5-7-16-6-4-12-10(3)14/h9H,4-8H2,1-3H3,(H,12,14)(H,13,15). The minimum Gasteiger partial charge on any atom is -0.378 e. The van der Waals surface area contributed by atoms with Crippen LogP contribution in [0.2, 0.25) is 0 Å². The second-order valence-corrected chi connectivity index (χ2v) is 4.04. The highest BCUT2D eigenvalue weighted by Crippen LogP contribution is 1.97. The van der Waals surface area contributed by atoms with Crippen LogP contribution in [-0.2, 0) is 14.3 Å². The molecule has 0 aliphatic carbocycles. The van der Waals surface area contributed by atoms with Gasteiger partial charge < -0.3 is 15.4 Å². The maximum absolute atomic E-state index is 11.2. The van der Waals surface area contributed by atoms with Crippen molar-refractivity contribution in [2.45, 2.75) is 27.2 Å². The van der Waals surface area contributed by atoms with Crippen LogP contribution in [0.1, 0.15) is 27.2 Å². The van der Waals surface area contributed by atoms with Crippen molar-refractivity contribution in [3.63, 3.8) is 0 Å². The van der Waals surface area contributed by atoms with Gasteiger partial charge >= 0.3 is 0 Å². The summed E-state index contributed by atoms with van der Waals surface area (Å²) in [5.41, 5.74) is 0. The quantitative estimate of drug-likeness (QED) is 0.589. The smallest absolute Gasteiger partial charge is 0.220 e. The van der Waals surface area contributed by atoms with Crippen molar-refractivity contribution in [1.82, 2.24) is 10.6 Å². The fourth-order valence-electron chi connectivity index (χ4n) is 1.11. The van der Waals surface area contributed by atoms with Gasteiger partial charge in [0.15, 0.2) is 0 Å². The number of hydrogen-bond donors (Lipinski definition) is 2. The number of nitrogens with one attached hydrogen (secondary N) is 2. The molecule has 0 fully saturated rings. The first-order valence-electron chi connectivity index (χ1n) is 5.61. The van der Waals surface area contributed by atoms with Crippen LogP contribution in [0.3, 0.4) is 0 Å². The molecule has 0 aromatic rings. The highest BCUT2D eigenvalue weighted by molar-refractivity contribution is 5.76. The summed E-state index contributed by atoms with van der Waals surface area (Å²) >= 11 is 0. The zero-order chi connectivity index (χ0) is 12.4. The minimum absolute atomic E-state index is 0.0560. The van der Waals surface area contributed by atoms with E-state index < -0.39 is 0 Å².